The van der Waals surface area contributed by atoms with Crippen molar-refractivity contribution in [1.29, 1.82) is 0 Å². The van der Waals surface area contributed by atoms with Crippen LogP contribution in [0.1, 0.15) is 18.4 Å². The fourth-order valence-electron chi connectivity index (χ4n) is 2.94. The van der Waals surface area contributed by atoms with Crippen LogP contribution in [0.15, 0.2) is 34.9 Å². The number of nitrogens with zero attached hydrogens (tertiary/aromatic N) is 1. The van der Waals surface area contributed by atoms with Crippen molar-refractivity contribution in [1.82, 2.24) is 4.90 Å². The Hall–Kier alpha value is -1.36. The maximum absolute atomic E-state index is 10.3. The molecule has 108 valence electrons. The number of hydrogen-bond donors (Lipinski definition) is 2. The van der Waals surface area contributed by atoms with Crippen LogP contribution >= 0.6 is 0 Å². The highest BCUT2D eigenvalue weighted by Gasteiger charge is 2.19. The Balaban J connectivity index is 1.60. The number of aliphatic hydroxyl groups is 1. The Bertz CT molecular complexity index is 558. The van der Waals surface area contributed by atoms with Crippen LogP contribution in [0.5, 0.6) is 0 Å². The van der Waals surface area contributed by atoms with Gasteiger partial charge >= 0.3 is 0 Å². The van der Waals surface area contributed by atoms with Crippen LogP contribution in [0.2, 0.25) is 0 Å². The Morgan fingerprint density at radius 3 is 2.85 bits per heavy atom. The normalized spacial score (nSPS) is 19.5. The van der Waals surface area contributed by atoms with Crippen molar-refractivity contribution < 1.29 is 9.52 Å². The second-order valence-corrected chi connectivity index (χ2v) is 5.75. The van der Waals surface area contributed by atoms with Crippen LogP contribution in [0.25, 0.3) is 11.0 Å². The van der Waals surface area contributed by atoms with Gasteiger partial charge in [0.05, 0.1) is 12.4 Å². The maximum atomic E-state index is 10.3. The van der Waals surface area contributed by atoms with Crippen molar-refractivity contribution in [3.8, 4) is 0 Å². The molecule has 1 unspecified atom stereocenters. The molecule has 1 aromatic heterocycles. The highest BCUT2D eigenvalue weighted by molar-refractivity contribution is 5.80. The van der Waals surface area contributed by atoms with Gasteiger partial charge in [-0.15, -0.1) is 0 Å². The Morgan fingerprint density at radius 2 is 2.05 bits per heavy atom. The lowest BCUT2D eigenvalue weighted by Crippen LogP contribution is -2.43. The summed E-state index contributed by atoms with van der Waals surface area (Å²) >= 11 is 0. The molecule has 1 aliphatic rings. The number of para-hydroxylation sites is 1. The Kier molecular flexibility index (Phi) is 4.05. The second kappa shape index (κ2) is 5.95. The molecule has 1 fully saturated rings. The van der Waals surface area contributed by atoms with Gasteiger partial charge < -0.3 is 20.2 Å². The first-order chi connectivity index (χ1) is 9.72. The highest BCUT2D eigenvalue weighted by atomic mass is 16.3. The molecule has 1 aliphatic heterocycles. The number of aliphatic hydroxyl groups excluding tert-OH is 1. The van der Waals surface area contributed by atoms with E-state index in [0.717, 1.165) is 42.5 Å². The number of nitrogens with two attached hydrogens (primary N) is 1. The van der Waals surface area contributed by atoms with E-state index in [4.69, 9.17) is 10.2 Å². The number of likely N-dealkylation sites (tertiary alicyclic amines) is 1. The largest absolute Gasteiger partial charge is 0.464 e. The molecule has 1 atom stereocenters. The zero-order valence-electron chi connectivity index (χ0n) is 11.7. The third-order valence-corrected chi connectivity index (χ3v) is 4.12. The minimum atomic E-state index is -0.356. The zero-order chi connectivity index (χ0) is 13.9. The molecule has 3 rings (SSSR count). The summed E-state index contributed by atoms with van der Waals surface area (Å²) in [6, 6.07) is 8.29. The van der Waals surface area contributed by atoms with Gasteiger partial charge in [-0.2, -0.15) is 0 Å². The Morgan fingerprint density at radius 1 is 1.30 bits per heavy atom. The van der Waals surface area contributed by atoms with Crippen LogP contribution in [0.4, 0.5) is 0 Å². The zero-order valence-corrected chi connectivity index (χ0v) is 11.7. The molecular weight excluding hydrogens is 252 g/mol. The summed E-state index contributed by atoms with van der Waals surface area (Å²) in [7, 11) is 0. The topological polar surface area (TPSA) is 62.6 Å². The van der Waals surface area contributed by atoms with E-state index in [2.05, 4.69) is 4.90 Å². The summed E-state index contributed by atoms with van der Waals surface area (Å²) in [5.74, 6) is 0. The van der Waals surface area contributed by atoms with Gasteiger partial charge in [0.15, 0.2) is 0 Å². The quantitative estimate of drug-likeness (QED) is 0.892. The third kappa shape index (κ3) is 3.03. The van der Waals surface area contributed by atoms with Crippen LogP contribution < -0.4 is 5.73 Å². The summed E-state index contributed by atoms with van der Waals surface area (Å²) in [5, 5.41) is 11.4. The number of fused-ring (bicyclic) bond motifs is 1. The molecule has 2 heterocycles. The van der Waals surface area contributed by atoms with Crippen molar-refractivity contribution in [2.24, 2.45) is 5.73 Å². The van der Waals surface area contributed by atoms with E-state index in [1.54, 1.807) is 6.26 Å². The second-order valence-electron chi connectivity index (χ2n) is 5.75. The molecule has 20 heavy (non-hydrogen) atoms. The van der Waals surface area contributed by atoms with Gasteiger partial charge in [0, 0.05) is 30.0 Å². The maximum Gasteiger partial charge on any atom is 0.134 e. The summed E-state index contributed by atoms with van der Waals surface area (Å²) in [5.41, 5.74) is 7.87. The van der Waals surface area contributed by atoms with Gasteiger partial charge in [-0.05, 0) is 32.0 Å². The summed E-state index contributed by atoms with van der Waals surface area (Å²) < 4.78 is 5.51. The number of rotatable bonds is 4. The molecule has 2 aromatic rings. The fraction of sp³-hybridized carbons (Fsp3) is 0.500. The van der Waals surface area contributed by atoms with Gasteiger partial charge in [-0.25, -0.2) is 0 Å². The SMILES string of the molecule is NC1CCN(CC(O)Cc2coc3ccccc23)CC1. The lowest BCUT2D eigenvalue weighted by molar-refractivity contribution is 0.0976. The van der Waals surface area contributed by atoms with Gasteiger partial charge in [0.1, 0.15) is 5.58 Å². The third-order valence-electron chi connectivity index (χ3n) is 4.12. The highest BCUT2D eigenvalue weighted by Crippen LogP contribution is 2.22. The number of hydrogen-bond acceptors (Lipinski definition) is 4. The van der Waals surface area contributed by atoms with E-state index < -0.39 is 0 Å². The van der Waals surface area contributed by atoms with E-state index in [1.165, 1.54) is 0 Å². The molecule has 0 spiro atoms. The van der Waals surface area contributed by atoms with Crippen LogP contribution in [-0.2, 0) is 6.42 Å². The van der Waals surface area contributed by atoms with Gasteiger partial charge in [-0.3, -0.25) is 0 Å². The molecule has 0 saturated carbocycles. The number of piperidine rings is 1. The number of β-amino-alcohol motifs (C(OH)–C–C–N with tert-alkyl or cyclic N) is 1. The van der Waals surface area contributed by atoms with E-state index in [-0.39, 0.29) is 6.10 Å². The summed E-state index contributed by atoms with van der Waals surface area (Å²) in [6.45, 7) is 2.70. The minimum absolute atomic E-state index is 0.334. The van der Waals surface area contributed by atoms with Crippen LogP contribution in [0, 0.1) is 0 Å². The lowest BCUT2D eigenvalue weighted by atomic mass is 10.0. The molecule has 0 radical (unpaired) electrons. The van der Waals surface area contributed by atoms with Crippen LogP contribution in [-0.4, -0.2) is 41.8 Å². The van der Waals surface area contributed by atoms with E-state index in [1.807, 2.05) is 24.3 Å². The molecule has 0 bridgehead atoms. The van der Waals surface area contributed by atoms with Gasteiger partial charge in [0.25, 0.3) is 0 Å². The van der Waals surface area contributed by atoms with Crippen molar-refractivity contribution in [3.05, 3.63) is 36.1 Å². The van der Waals surface area contributed by atoms with Crippen molar-refractivity contribution in [3.63, 3.8) is 0 Å². The van der Waals surface area contributed by atoms with Crippen molar-refractivity contribution in [2.45, 2.75) is 31.4 Å². The van der Waals surface area contributed by atoms with E-state index in [0.29, 0.717) is 19.0 Å². The molecule has 0 aliphatic carbocycles. The molecule has 1 saturated heterocycles. The predicted molar refractivity (Wildman–Crippen MR) is 79.6 cm³/mol. The molecule has 4 nitrogen and oxygen atoms in total. The van der Waals surface area contributed by atoms with Crippen molar-refractivity contribution in [2.75, 3.05) is 19.6 Å². The van der Waals surface area contributed by atoms with Crippen molar-refractivity contribution >= 4 is 11.0 Å². The molecule has 1 aromatic carbocycles. The summed E-state index contributed by atoms with van der Waals surface area (Å²) in [4.78, 5) is 2.30. The average molecular weight is 274 g/mol. The van der Waals surface area contributed by atoms with Gasteiger partial charge in [-0.1, -0.05) is 18.2 Å². The van der Waals surface area contributed by atoms with Gasteiger partial charge in [0.2, 0.25) is 0 Å². The average Bonchev–Trinajstić information content (AvgIpc) is 2.85. The van der Waals surface area contributed by atoms with E-state index >= 15 is 0 Å². The first kappa shape index (κ1) is 13.6. The first-order valence-electron chi connectivity index (χ1n) is 7.33. The molecular formula is C16H22N2O2. The standard InChI is InChI=1S/C16H22N2O2/c17-13-5-7-18(8-6-13)10-14(19)9-12-11-20-16-4-2-1-3-15(12)16/h1-4,11,13-14,19H,5-10,17H2. The van der Waals surface area contributed by atoms with Crippen LogP contribution in [0.3, 0.4) is 0 Å². The predicted octanol–water partition coefficient (Wildman–Crippen LogP) is 1.76. The monoisotopic (exact) mass is 274 g/mol. The lowest BCUT2D eigenvalue weighted by Gasteiger charge is -2.31. The Labute approximate surface area is 119 Å². The fourth-order valence-corrected chi connectivity index (χ4v) is 2.94. The molecule has 0 amide bonds. The number of furan rings is 1. The minimum Gasteiger partial charge on any atom is -0.464 e. The first-order valence-corrected chi connectivity index (χ1v) is 7.33. The van der Waals surface area contributed by atoms with E-state index in [9.17, 15) is 5.11 Å². The number of benzene rings is 1. The molecule has 3 N–H and O–H groups in total. The smallest absolute Gasteiger partial charge is 0.134 e. The summed E-state index contributed by atoms with van der Waals surface area (Å²) in [6.07, 6.45) is 4.10. The molecule has 4 heteroatoms.